The van der Waals surface area contributed by atoms with Crippen molar-refractivity contribution >= 4 is 11.9 Å². The number of aromatic nitrogens is 2. The Bertz CT molecular complexity index is 1100. The summed E-state index contributed by atoms with van der Waals surface area (Å²) in [6.07, 6.45) is 0. The van der Waals surface area contributed by atoms with Gasteiger partial charge in [0.15, 0.2) is 11.4 Å². The molecule has 2 heterocycles. The molecule has 0 unspecified atom stereocenters. The highest BCUT2D eigenvalue weighted by Crippen LogP contribution is 2.35. The molecule has 2 aromatic carbocycles. The highest BCUT2D eigenvalue weighted by atomic mass is 16.5. The van der Waals surface area contributed by atoms with Crippen molar-refractivity contribution in [1.82, 2.24) is 9.97 Å². The molecule has 0 fully saturated rings. The van der Waals surface area contributed by atoms with E-state index < -0.39 is 11.9 Å². The molecule has 0 aliphatic heterocycles. The van der Waals surface area contributed by atoms with Crippen LogP contribution in [0.2, 0.25) is 0 Å². The Morgan fingerprint density at radius 3 is 1.37 bits per heavy atom. The second-order valence-electron chi connectivity index (χ2n) is 6.11. The molecular formula is C22H16N2O6. The molecule has 0 aliphatic carbocycles. The van der Waals surface area contributed by atoms with Gasteiger partial charge in [-0.3, -0.25) is 0 Å². The van der Waals surface area contributed by atoms with Crippen molar-refractivity contribution in [2.24, 2.45) is 0 Å². The minimum atomic E-state index is -0.746. The van der Waals surface area contributed by atoms with E-state index in [1.54, 1.807) is 48.5 Å². The number of ether oxygens (including phenoxy) is 2. The third kappa shape index (κ3) is 3.46. The highest BCUT2D eigenvalue weighted by Gasteiger charge is 2.32. The summed E-state index contributed by atoms with van der Waals surface area (Å²) in [7, 11) is 2.44. The fourth-order valence-corrected chi connectivity index (χ4v) is 2.83. The van der Waals surface area contributed by atoms with Gasteiger partial charge in [0.1, 0.15) is 0 Å². The van der Waals surface area contributed by atoms with Crippen molar-refractivity contribution in [2.75, 3.05) is 14.2 Å². The van der Waals surface area contributed by atoms with Crippen molar-refractivity contribution in [2.45, 2.75) is 0 Å². The second-order valence-corrected chi connectivity index (χ2v) is 6.11. The predicted molar refractivity (Wildman–Crippen MR) is 106 cm³/mol. The first-order valence-corrected chi connectivity index (χ1v) is 8.92. The topological polar surface area (TPSA) is 105 Å². The number of methoxy groups -OCH3 is 2. The van der Waals surface area contributed by atoms with E-state index in [4.69, 9.17) is 18.3 Å². The lowest BCUT2D eigenvalue weighted by Gasteiger charge is -1.99. The van der Waals surface area contributed by atoms with Gasteiger partial charge in [-0.1, -0.05) is 36.4 Å². The van der Waals surface area contributed by atoms with Crippen molar-refractivity contribution in [1.29, 1.82) is 0 Å². The number of oxazole rings is 2. The summed E-state index contributed by atoms with van der Waals surface area (Å²) >= 11 is 0. The molecule has 0 saturated heterocycles. The molecule has 0 amide bonds. The quantitative estimate of drug-likeness (QED) is 0.455. The number of rotatable bonds is 5. The minimum absolute atomic E-state index is 0.0733. The van der Waals surface area contributed by atoms with Gasteiger partial charge in [0.05, 0.1) is 14.2 Å². The van der Waals surface area contributed by atoms with Crippen LogP contribution in [0.4, 0.5) is 0 Å². The van der Waals surface area contributed by atoms with E-state index in [1.165, 1.54) is 14.2 Å². The maximum absolute atomic E-state index is 12.4. The highest BCUT2D eigenvalue weighted by molar-refractivity contribution is 5.99. The third-order valence-corrected chi connectivity index (χ3v) is 4.26. The number of benzene rings is 2. The maximum Gasteiger partial charge on any atom is 0.360 e. The van der Waals surface area contributed by atoms with E-state index in [1.807, 2.05) is 12.1 Å². The maximum atomic E-state index is 12.4. The lowest BCUT2D eigenvalue weighted by molar-refractivity contribution is 0.0582. The van der Waals surface area contributed by atoms with Crippen molar-refractivity contribution in [3.63, 3.8) is 0 Å². The third-order valence-electron chi connectivity index (χ3n) is 4.26. The van der Waals surface area contributed by atoms with Crippen LogP contribution in [0.1, 0.15) is 21.0 Å². The Morgan fingerprint density at radius 1 is 0.667 bits per heavy atom. The second kappa shape index (κ2) is 8.04. The van der Waals surface area contributed by atoms with Gasteiger partial charge in [-0.05, 0) is 24.3 Å². The van der Waals surface area contributed by atoms with Crippen LogP contribution in [0.25, 0.3) is 34.4 Å². The Morgan fingerprint density at radius 2 is 1.03 bits per heavy atom. The molecule has 2 aromatic heterocycles. The van der Waals surface area contributed by atoms with Gasteiger partial charge in [-0.15, -0.1) is 0 Å². The van der Waals surface area contributed by atoms with E-state index in [-0.39, 0.29) is 34.7 Å². The number of carbonyl (C=O) groups excluding carboxylic acids is 2. The van der Waals surface area contributed by atoms with Gasteiger partial charge in [-0.25, -0.2) is 19.6 Å². The molecule has 0 radical (unpaired) electrons. The number of carbonyl (C=O) groups is 2. The van der Waals surface area contributed by atoms with Crippen molar-refractivity contribution in [3.8, 4) is 34.4 Å². The standard InChI is InChI=1S/C22H16N2O6/c1-27-21(25)15-17(29-19(23-15)13-9-5-3-6-10-13)18-16(22(26)28-2)24-20(30-18)14-11-7-4-8-12-14/h3-12H,1-2H3. The molecule has 30 heavy (non-hydrogen) atoms. The first-order valence-electron chi connectivity index (χ1n) is 8.92. The Kier molecular flexibility index (Phi) is 5.13. The Hall–Kier alpha value is -4.20. The molecule has 0 atom stereocenters. The Balaban J connectivity index is 1.92. The summed E-state index contributed by atoms with van der Waals surface area (Å²) in [5.74, 6) is -1.31. The molecule has 0 saturated carbocycles. The normalized spacial score (nSPS) is 10.6. The van der Waals surface area contributed by atoms with Gasteiger partial charge >= 0.3 is 11.9 Å². The molecule has 150 valence electrons. The zero-order chi connectivity index (χ0) is 21.1. The van der Waals surface area contributed by atoms with Gasteiger partial charge in [0.2, 0.25) is 23.3 Å². The van der Waals surface area contributed by atoms with Crippen LogP contribution < -0.4 is 0 Å². The van der Waals surface area contributed by atoms with Gasteiger partial charge in [0.25, 0.3) is 0 Å². The van der Waals surface area contributed by atoms with Crippen LogP contribution in [0.5, 0.6) is 0 Å². The smallest absolute Gasteiger partial charge is 0.360 e. The summed E-state index contributed by atoms with van der Waals surface area (Å²) in [5.41, 5.74) is 0.988. The summed E-state index contributed by atoms with van der Waals surface area (Å²) < 4.78 is 21.3. The first kappa shape index (κ1) is 19.1. The van der Waals surface area contributed by atoms with Gasteiger partial charge < -0.3 is 18.3 Å². The predicted octanol–water partition coefficient (Wildman–Crippen LogP) is 4.24. The Labute approximate surface area is 171 Å². The van der Waals surface area contributed by atoms with E-state index in [0.29, 0.717) is 11.1 Å². The number of hydrogen-bond donors (Lipinski definition) is 0. The molecule has 4 aromatic rings. The van der Waals surface area contributed by atoms with Gasteiger partial charge in [0, 0.05) is 11.1 Å². The van der Waals surface area contributed by atoms with E-state index in [0.717, 1.165) is 0 Å². The summed E-state index contributed by atoms with van der Waals surface area (Å²) in [5, 5.41) is 0. The average molecular weight is 404 g/mol. The molecule has 8 heteroatoms. The molecule has 0 aliphatic rings. The van der Waals surface area contributed by atoms with Crippen LogP contribution in [-0.4, -0.2) is 36.1 Å². The lowest BCUT2D eigenvalue weighted by Crippen LogP contribution is -2.06. The number of nitrogens with zero attached hydrogens (tertiary/aromatic N) is 2. The molecule has 0 spiro atoms. The molecule has 8 nitrogen and oxygen atoms in total. The molecule has 4 rings (SSSR count). The van der Waals surface area contributed by atoms with Crippen molar-refractivity contribution < 1.29 is 27.9 Å². The zero-order valence-corrected chi connectivity index (χ0v) is 16.1. The SMILES string of the molecule is COC(=O)c1nc(-c2ccccc2)oc1-c1oc(-c2ccccc2)nc1C(=O)OC. The summed E-state index contributed by atoms with van der Waals surface area (Å²) in [4.78, 5) is 33.2. The molecular weight excluding hydrogens is 388 g/mol. The number of hydrogen-bond acceptors (Lipinski definition) is 8. The van der Waals surface area contributed by atoms with Gasteiger partial charge in [-0.2, -0.15) is 0 Å². The zero-order valence-electron chi connectivity index (χ0n) is 16.1. The lowest BCUT2D eigenvalue weighted by atomic mass is 10.2. The number of esters is 2. The molecule has 0 N–H and O–H groups in total. The van der Waals surface area contributed by atoms with Crippen LogP contribution in [0.15, 0.2) is 69.5 Å². The van der Waals surface area contributed by atoms with E-state index in [2.05, 4.69) is 9.97 Å². The van der Waals surface area contributed by atoms with E-state index >= 15 is 0 Å². The first-order chi connectivity index (χ1) is 14.6. The fourth-order valence-electron chi connectivity index (χ4n) is 2.83. The summed E-state index contributed by atoms with van der Waals surface area (Å²) in [6.45, 7) is 0. The monoisotopic (exact) mass is 404 g/mol. The average Bonchev–Trinajstić information content (AvgIpc) is 3.44. The molecule has 0 bridgehead atoms. The fraction of sp³-hybridized carbons (Fsp3) is 0.0909. The van der Waals surface area contributed by atoms with Crippen molar-refractivity contribution in [3.05, 3.63) is 72.1 Å². The van der Waals surface area contributed by atoms with E-state index in [9.17, 15) is 9.59 Å². The summed E-state index contributed by atoms with van der Waals surface area (Å²) in [6, 6.07) is 18.0. The van der Waals surface area contributed by atoms with Crippen LogP contribution in [0, 0.1) is 0 Å². The van der Waals surface area contributed by atoms with Crippen LogP contribution >= 0.6 is 0 Å². The largest absolute Gasteiger partial charge is 0.464 e. The van der Waals surface area contributed by atoms with Crippen LogP contribution in [-0.2, 0) is 9.47 Å². The minimum Gasteiger partial charge on any atom is -0.464 e. The van der Waals surface area contributed by atoms with Crippen LogP contribution in [0.3, 0.4) is 0 Å².